The molecule has 7 nitrogen and oxygen atoms in total. The van der Waals surface area contributed by atoms with Crippen molar-refractivity contribution in [2.75, 3.05) is 20.2 Å². The molecule has 3 N–H and O–H groups in total. The highest BCUT2D eigenvalue weighted by atomic mass is 35.5. The third kappa shape index (κ3) is 5.84. The second-order valence-corrected chi connectivity index (χ2v) is 7.27. The van der Waals surface area contributed by atoms with Crippen molar-refractivity contribution in [3.63, 3.8) is 0 Å². The third-order valence-corrected chi connectivity index (χ3v) is 5.57. The first-order valence-electron chi connectivity index (χ1n) is 9.55. The van der Waals surface area contributed by atoms with E-state index in [1.54, 1.807) is 6.07 Å². The zero-order valence-electron chi connectivity index (χ0n) is 16.8. The van der Waals surface area contributed by atoms with E-state index in [1.165, 1.54) is 7.11 Å². The minimum atomic E-state index is -0.343. The van der Waals surface area contributed by atoms with E-state index in [-0.39, 0.29) is 49.7 Å². The number of carbonyl (C=O) groups is 2. The first kappa shape index (κ1) is 25.2. The zero-order chi connectivity index (χ0) is 19.4. The summed E-state index contributed by atoms with van der Waals surface area (Å²) in [6.07, 6.45) is 4.68. The molecular weight excluding hydrogens is 415 g/mol. The van der Waals surface area contributed by atoms with Crippen molar-refractivity contribution < 1.29 is 14.3 Å². The molecule has 2 aromatic rings. The van der Waals surface area contributed by atoms with Crippen LogP contribution in [0, 0.1) is 5.92 Å². The molecule has 0 unspecified atom stereocenters. The number of esters is 1. The Morgan fingerprint density at radius 3 is 2.55 bits per heavy atom. The van der Waals surface area contributed by atoms with Crippen molar-refractivity contribution >= 4 is 47.7 Å². The second-order valence-electron chi connectivity index (χ2n) is 7.27. The summed E-state index contributed by atoms with van der Waals surface area (Å²) >= 11 is 0. The van der Waals surface area contributed by atoms with Crippen molar-refractivity contribution in [2.24, 2.45) is 18.7 Å². The SMILES string of the molecule is COC(=O)CCNC(=O)c1ccc2c(c1)nc(C1CCC(CN)CC1)n2C.Cl.Cl. The maximum absolute atomic E-state index is 12.3. The summed E-state index contributed by atoms with van der Waals surface area (Å²) in [5, 5.41) is 2.74. The number of benzene rings is 1. The Hall–Kier alpha value is -1.83. The van der Waals surface area contributed by atoms with E-state index in [0.717, 1.165) is 49.1 Å². The van der Waals surface area contributed by atoms with E-state index in [9.17, 15) is 9.59 Å². The molecule has 0 bridgehead atoms. The number of ether oxygens (including phenoxy) is 1. The van der Waals surface area contributed by atoms with Crippen molar-refractivity contribution in [1.29, 1.82) is 0 Å². The number of nitrogens with zero attached hydrogens (tertiary/aromatic N) is 2. The average molecular weight is 445 g/mol. The summed E-state index contributed by atoms with van der Waals surface area (Å²) in [6, 6.07) is 5.55. The van der Waals surface area contributed by atoms with E-state index in [4.69, 9.17) is 10.7 Å². The molecule has 0 atom stereocenters. The largest absolute Gasteiger partial charge is 0.469 e. The fourth-order valence-corrected chi connectivity index (χ4v) is 3.86. The lowest BCUT2D eigenvalue weighted by Crippen LogP contribution is -2.26. The fourth-order valence-electron chi connectivity index (χ4n) is 3.86. The maximum atomic E-state index is 12.3. The molecule has 1 aliphatic carbocycles. The van der Waals surface area contributed by atoms with Crippen LogP contribution in [0.15, 0.2) is 18.2 Å². The maximum Gasteiger partial charge on any atom is 0.307 e. The first-order valence-corrected chi connectivity index (χ1v) is 9.55. The Bertz CT molecular complexity index is 832. The van der Waals surface area contributed by atoms with E-state index in [1.807, 2.05) is 19.2 Å². The average Bonchev–Trinajstić information content (AvgIpc) is 3.03. The molecule has 1 amide bonds. The van der Waals surface area contributed by atoms with Gasteiger partial charge in [0.1, 0.15) is 5.82 Å². The topological polar surface area (TPSA) is 99.2 Å². The molecule has 162 valence electrons. The molecule has 1 aromatic carbocycles. The third-order valence-electron chi connectivity index (χ3n) is 5.57. The van der Waals surface area contributed by atoms with Crippen molar-refractivity contribution in [3.05, 3.63) is 29.6 Å². The molecule has 1 aliphatic rings. The normalized spacial score (nSPS) is 18.4. The van der Waals surface area contributed by atoms with E-state index in [2.05, 4.69) is 14.6 Å². The van der Waals surface area contributed by atoms with Gasteiger partial charge in [0.05, 0.1) is 24.6 Å². The van der Waals surface area contributed by atoms with Gasteiger partial charge in [-0.2, -0.15) is 0 Å². The van der Waals surface area contributed by atoms with E-state index in [0.29, 0.717) is 17.4 Å². The number of nitrogens with two attached hydrogens (primary N) is 1. The van der Waals surface area contributed by atoms with Gasteiger partial charge in [-0.25, -0.2) is 4.98 Å². The van der Waals surface area contributed by atoms with Gasteiger partial charge in [-0.1, -0.05) is 0 Å². The van der Waals surface area contributed by atoms with Crippen LogP contribution in [-0.2, 0) is 16.6 Å². The van der Waals surface area contributed by atoms with Gasteiger partial charge in [0, 0.05) is 25.1 Å². The summed E-state index contributed by atoms with van der Waals surface area (Å²) in [7, 11) is 3.37. The molecule has 0 saturated heterocycles. The van der Waals surface area contributed by atoms with Crippen LogP contribution in [0.3, 0.4) is 0 Å². The predicted molar refractivity (Wildman–Crippen MR) is 118 cm³/mol. The number of nitrogens with one attached hydrogen (secondary N) is 1. The Morgan fingerprint density at radius 2 is 1.93 bits per heavy atom. The van der Waals surface area contributed by atoms with Gasteiger partial charge in [-0.05, 0) is 56.3 Å². The standard InChI is InChI=1S/C20H28N4O3.2ClH/c1-24-17-8-7-15(20(26)22-10-9-18(25)27-2)11-16(17)23-19(24)14-5-3-13(12-21)4-6-14;;/h7-8,11,13-14H,3-6,9-10,12,21H2,1-2H3,(H,22,26);2*1H. The molecule has 1 saturated carbocycles. The van der Waals surface area contributed by atoms with Crippen LogP contribution >= 0.6 is 24.8 Å². The molecular formula is C20H30Cl2N4O3. The number of hydrogen-bond donors (Lipinski definition) is 2. The first-order chi connectivity index (χ1) is 13.0. The van der Waals surface area contributed by atoms with Crippen molar-refractivity contribution in [1.82, 2.24) is 14.9 Å². The van der Waals surface area contributed by atoms with Gasteiger partial charge < -0.3 is 20.4 Å². The molecule has 1 fully saturated rings. The molecule has 1 heterocycles. The summed E-state index contributed by atoms with van der Waals surface area (Å²) in [5.41, 5.74) is 8.20. The van der Waals surface area contributed by atoms with Crippen LogP contribution in [0.5, 0.6) is 0 Å². The smallest absolute Gasteiger partial charge is 0.307 e. The lowest BCUT2D eigenvalue weighted by atomic mass is 9.81. The number of halogens is 2. The Kier molecular flexibility index (Phi) is 9.89. The fraction of sp³-hybridized carbons (Fsp3) is 0.550. The molecule has 0 radical (unpaired) electrons. The van der Waals surface area contributed by atoms with E-state index >= 15 is 0 Å². The second kappa shape index (κ2) is 11.4. The Balaban J connectivity index is 0.00000210. The lowest BCUT2D eigenvalue weighted by Gasteiger charge is -2.27. The number of amides is 1. The van der Waals surface area contributed by atoms with Crippen LogP contribution in [0.25, 0.3) is 11.0 Å². The Morgan fingerprint density at radius 1 is 1.24 bits per heavy atom. The molecule has 9 heteroatoms. The van der Waals surface area contributed by atoms with Crippen LogP contribution in [-0.4, -0.2) is 41.6 Å². The lowest BCUT2D eigenvalue weighted by molar-refractivity contribution is -0.140. The monoisotopic (exact) mass is 444 g/mol. The van der Waals surface area contributed by atoms with Gasteiger partial charge in [-0.3, -0.25) is 9.59 Å². The minimum absolute atomic E-state index is 0. The summed E-state index contributed by atoms with van der Waals surface area (Å²) in [4.78, 5) is 28.3. The predicted octanol–water partition coefficient (Wildman–Crippen LogP) is 2.94. The molecule has 0 aliphatic heterocycles. The van der Waals surface area contributed by atoms with Gasteiger partial charge >= 0.3 is 5.97 Å². The highest BCUT2D eigenvalue weighted by Gasteiger charge is 2.25. The number of aromatic nitrogens is 2. The van der Waals surface area contributed by atoms with Crippen molar-refractivity contribution in [3.8, 4) is 0 Å². The number of imidazole rings is 1. The zero-order valence-corrected chi connectivity index (χ0v) is 18.5. The van der Waals surface area contributed by atoms with Crippen LogP contribution in [0.2, 0.25) is 0 Å². The highest BCUT2D eigenvalue weighted by Crippen LogP contribution is 2.35. The molecule has 3 rings (SSSR count). The van der Waals surface area contributed by atoms with Crippen LogP contribution in [0.4, 0.5) is 0 Å². The highest BCUT2D eigenvalue weighted by molar-refractivity contribution is 5.97. The quantitative estimate of drug-likeness (QED) is 0.667. The number of fused-ring (bicyclic) bond motifs is 1. The van der Waals surface area contributed by atoms with Gasteiger partial charge in [0.25, 0.3) is 5.91 Å². The molecule has 1 aromatic heterocycles. The van der Waals surface area contributed by atoms with Crippen molar-refractivity contribution in [2.45, 2.75) is 38.0 Å². The number of rotatable bonds is 6. The summed E-state index contributed by atoms with van der Waals surface area (Å²) in [6.45, 7) is 1.02. The Labute approximate surface area is 183 Å². The summed E-state index contributed by atoms with van der Waals surface area (Å²) < 4.78 is 6.71. The minimum Gasteiger partial charge on any atom is -0.469 e. The van der Waals surface area contributed by atoms with E-state index < -0.39 is 0 Å². The molecule has 0 spiro atoms. The number of aryl methyl sites for hydroxylation is 1. The van der Waals surface area contributed by atoms with Gasteiger partial charge in [0.15, 0.2) is 0 Å². The van der Waals surface area contributed by atoms with Gasteiger partial charge in [-0.15, -0.1) is 24.8 Å². The number of methoxy groups -OCH3 is 1. The van der Waals surface area contributed by atoms with Crippen LogP contribution in [0.1, 0.15) is 54.2 Å². The number of carbonyl (C=O) groups excluding carboxylic acids is 2. The van der Waals surface area contributed by atoms with Crippen LogP contribution < -0.4 is 11.1 Å². The molecule has 29 heavy (non-hydrogen) atoms. The van der Waals surface area contributed by atoms with Gasteiger partial charge in [0.2, 0.25) is 0 Å². The summed E-state index contributed by atoms with van der Waals surface area (Å²) in [5.74, 6) is 1.61. The number of hydrogen-bond acceptors (Lipinski definition) is 5.